The molecular weight excluding hydrogens is 378 g/mol. The molecule has 0 aromatic heterocycles. The maximum atomic E-state index is 12.0. The zero-order valence-corrected chi connectivity index (χ0v) is 13.6. The molecule has 0 radical (unpaired) electrons. The van der Waals surface area contributed by atoms with Crippen molar-refractivity contribution in [1.29, 1.82) is 0 Å². The number of nitrogens with one attached hydrogen (secondary N) is 1. The summed E-state index contributed by atoms with van der Waals surface area (Å²) in [5, 5.41) is 2.58. The van der Waals surface area contributed by atoms with Crippen LogP contribution in [-0.2, 0) is 16.0 Å². The van der Waals surface area contributed by atoms with Crippen LogP contribution in [0.3, 0.4) is 0 Å². The molecule has 0 spiro atoms. The molecule has 1 aromatic carbocycles. The van der Waals surface area contributed by atoms with Gasteiger partial charge in [-0.1, -0.05) is 62.2 Å². The summed E-state index contributed by atoms with van der Waals surface area (Å²) in [7, 11) is 0. The molecule has 1 unspecified atom stereocenters. The third kappa shape index (κ3) is 5.74. The molecule has 0 aliphatic carbocycles. The summed E-state index contributed by atoms with van der Waals surface area (Å²) >= 11 is 6.32. The van der Waals surface area contributed by atoms with Crippen LogP contribution in [0.25, 0.3) is 0 Å². The molecule has 1 N–H and O–H groups in total. The summed E-state index contributed by atoms with van der Waals surface area (Å²) in [6.07, 6.45) is -0.163. The van der Waals surface area contributed by atoms with Gasteiger partial charge in [-0.2, -0.15) is 0 Å². The van der Waals surface area contributed by atoms with Gasteiger partial charge in [-0.05, 0) is 18.9 Å². The lowest BCUT2D eigenvalue weighted by Crippen LogP contribution is -2.44. The zero-order valence-electron chi connectivity index (χ0n) is 10.4. The minimum Gasteiger partial charge on any atom is -0.450 e. The number of hydrogen-bond acceptors (Lipinski definition) is 3. The van der Waals surface area contributed by atoms with E-state index in [4.69, 9.17) is 4.74 Å². The van der Waals surface area contributed by atoms with Gasteiger partial charge < -0.3 is 10.1 Å². The Hall–Kier alpha value is -0.880. The third-order valence-corrected chi connectivity index (χ3v) is 3.31. The second kappa shape index (κ2) is 8.32. The van der Waals surface area contributed by atoms with Crippen LogP contribution >= 0.6 is 31.9 Å². The van der Waals surface area contributed by atoms with Crippen molar-refractivity contribution in [3.05, 3.63) is 35.9 Å². The highest BCUT2D eigenvalue weighted by molar-refractivity contribution is 9.25. The van der Waals surface area contributed by atoms with Crippen LogP contribution < -0.4 is 5.32 Å². The first-order chi connectivity index (χ1) is 9.04. The summed E-state index contributed by atoms with van der Waals surface area (Å²) in [4.78, 5) is 23.5. The molecule has 0 saturated carbocycles. The van der Waals surface area contributed by atoms with E-state index in [2.05, 4.69) is 37.2 Å². The van der Waals surface area contributed by atoms with Crippen molar-refractivity contribution in [2.24, 2.45) is 0 Å². The molecule has 1 aromatic rings. The van der Waals surface area contributed by atoms with Crippen molar-refractivity contribution in [2.75, 3.05) is 6.61 Å². The number of carbonyl (C=O) groups excluding carboxylic acids is 2. The van der Waals surface area contributed by atoms with Crippen LogP contribution in [0, 0.1) is 0 Å². The van der Waals surface area contributed by atoms with E-state index in [-0.39, 0.29) is 12.4 Å². The van der Waals surface area contributed by atoms with Crippen LogP contribution in [0.5, 0.6) is 0 Å². The topological polar surface area (TPSA) is 55.4 Å². The maximum absolute atomic E-state index is 12.0. The van der Waals surface area contributed by atoms with Gasteiger partial charge in [0.25, 0.3) is 0 Å². The molecular formula is C13H15Br2NO3. The van der Waals surface area contributed by atoms with Crippen LogP contribution in [0.4, 0.5) is 4.79 Å². The van der Waals surface area contributed by atoms with Crippen molar-refractivity contribution in [3.8, 4) is 0 Å². The average molecular weight is 393 g/mol. The van der Waals surface area contributed by atoms with Gasteiger partial charge in [0.05, 0.1) is 12.6 Å². The normalized spacial score (nSPS) is 12.0. The smallest absolute Gasteiger partial charge is 0.407 e. The van der Waals surface area contributed by atoms with E-state index in [1.54, 1.807) is 6.92 Å². The Balaban J connectivity index is 2.75. The summed E-state index contributed by atoms with van der Waals surface area (Å²) in [6, 6.07) is 8.86. The number of rotatable bonds is 6. The van der Waals surface area contributed by atoms with E-state index in [9.17, 15) is 9.59 Å². The fourth-order valence-corrected chi connectivity index (χ4v) is 2.18. The molecule has 0 aliphatic rings. The van der Waals surface area contributed by atoms with Gasteiger partial charge in [0.1, 0.15) is 3.74 Å². The second-order valence-corrected chi connectivity index (χ2v) is 6.87. The SMILES string of the molecule is CCOC(=O)NC(Cc1ccccc1)C(=O)C(Br)Br. The predicted molar refractivity (Wildman–Crippen MR) is 80.7 cm³/mol. The standard InChI is InChI=1S/C13H15Br2NO3/c1-2-19-13(18)16-10(11(17)12(14)15)8-9-6-4-3-5-7-9/h3-7,10,12H,2,8H2,1H3,(H,16,18). The van der Waals surface area contributed by atoms with Gasteiger partial charge in [-0.15, -0.1) is 0 Å². The molecule has 0 aliphatic heterocycles. The number of amides is 1. The molecule has 19 heavy (non-hydrogen) atoms. The van der Waals surface area contributed by atoms with Crippen LogP contribution in [0.1, 0.15) is 12.5 Å². The number of Topliss-reactive ketones (excluding diaryl/α,β-unsaturated/α-hetero) is 1. The first-order valence-electron chi connectivity index (χ1n) is 5.83. The Morgan fingerprint density at radius 2 is 1.89 bits per heavy atom. The molecule has 1 rings (SSSR count). The highest BCUT2D eigenvalue weighted by Gasteiger charge is 2.25. The Labute approximate surface area is 129 Å². The van der Waals surface area contributed by atoms with Crippen LogP contribution in [0.15, 0.2) is 30.3 Å². The molecule has 1 amide bonds. The average Bonchev–Trinajstić information content (AvgIpc) is 2.38. The highest BCUT2D eigenvalue weighted by Crippen LogP contribution is 2.14. The summed E-state index contributed by atoms with van der Waals surface area (Å²) < 4.78 is 4.30. The lowest BCUT2D eigenvalue weighted by Gasteiger charge is -2.18. The monoisotopic (exact) mass is 391 g/mol. The van der Waals surface area contributed by atoms with E-state index in [1.165, 1.54) is 0 Å². The number of carbonyl (C=O) groups is 2. The predicted octanol–water partition coefficient (Wildman–Crippen LogP) is 3.03. The molecule has 0 fully saturated rings. The number of ketones is 1. The molecule has 104 valence electrons. The summed E-state index contributed by atoms with van der Waals surface area (Å²) in [5.41, 5.74) is 0.971. The van der Waals surface area contributed by atoms with E-state index in [1.807, 2.05) is 30.3 Å². The number of benzene rings is 1. The van der Waals surface area contributed by atoms with Crippen molar-refractivity contribution < 1.29 is 14.3 Å². The number of hydrogen-bond donors (Lipinski definition) is 1. The van der Waals surface area contributed by atoms with Crippen molar-refractivity contribution in [3.63, 3.8) is 0 Å². The lowest BCUT2D eigenvalue weighted by atomic mass is 10.0. The van der Waals surface area contributed by atoms with Crippen molar-refractivity contribution in [2.45, 2.75) is 23.1 Å². The van der Waals surface area contributed by atoms with E-state index >= 15 is 0 Å². The summed E-state index contributed by atoms with van der Waals surface area (Å²) in [5.74, 6) is -0.156. The van der Waals surface area contributed by atoms with Gasteiger partial charge in [0, 0.05) is 0 Å². The maximum Gasteiger partial charge on any atom is 0.407 e. The number of alkyl carbamates (subject to hydrolysis) is 1. The molecule has 1 atom stereocenters. The molecule has 6 heteroatoms. The quantitative estimate of drug-likeness (QED) is 0.757. The summed E-state index contributed by atoms with van der Waals surface area (Å²) in [6.45, 7) is 1.98. The Morgan fingerprint density at radius 1 is 1.26 bits per heavy atom. The van der Waals surface area contributed by atoms with Crippen molar-refractivity contribution >= 4 is 43.7 Å². The fraction of sp³-hybridized carbons (Fsp3) is 0.385. The van der Waals surface area contributed by atoms with Crippen LogP contribution in [0.2, 0.25) is 0 Å². The van der Waals surface area contributed by atoms with Crippen LogP contribution in [-0.4, -0.2) is 28.3 Å². The van der Waals surface area contributed by atoms with Gasteiger partial charge in [-0.3, -0.25) is 4.79 Å². The molecule has 4 nitrogen and oxygen atoms in total. The van der Waals surface area contributed by atoms with Gasteiger partial charge in [0.15, 0.2) is 5.78 Å². The lowest BCUT2D eigenvalue weighted by molar-refractivity contribution is -0.118. The van der Waals surface area contributed by atoms with Gasteiger partial charge in [-0.25, -0.2) is 4.79 Å². The van der Waals surface area contributed by atoms with Gasteiger partial charge in [0.2, 0.25) is 0 Å². The minimum atomic E-state index is -0.634. The molecule has 0 bridgehead atoms. The fourth-order valence-electron chi connectivity index (χ4n) is 1.54. The highest BCUT2D eigenvalue weighted by atomic mass is 79.9. The van der Waals surface area contributed by atoms with Gasteiger partial charge >= 0.3 is 6.09 Å². The van der Waals surface area contributed by atoms with E-state index < -0.39 is 15.9 Å². The number of ether oxygens (including phenoxy) is 1. The Kier molecular flexibility index (Phi) is 7.09. The molecule has 0 saturated heterocycles. The zero-order chi connectivity index (χ0) is 14.3. The minimum absolute atomic E-state index is 0.156. The Morgan fingerprint density at radius 3 is 2.42 bits per heavy atom. The first kappa shape index (κ1) is 16.2. The largest absolute Gasteiger partial charge is 0.450 e. The number of halogens is 2. The van der Waals surface area contributed by atoms with Crippen molar-refractivity contribution in [1.82, 2.24) is 5.32 Å². The second-order valence-electron chi connectivity index (χ2n) is 3.81. The first-order valence-corrected chi connectivity index (χ1v) is 7.66. The Bertz CT molecular complexity index is 423. The number of alkyl halides is 2. The van der Waals surface area contributed by atoms with E-state index in [0.29, 0.717) is 6.42 Å². The van der Waals surface area contributed by atoms with E-state index in [0.717, 1.165) is 5.56 Å². The third-order valence-electron chi connectivity index (χ3n) is 2.41. The molecule has 0 heterocycles.